The Balaban J connectivity index is 1.50. The number of rotatable bonds is 2. The molecule has 8 nitrogen and oxygen atoms in total. The molecule has 11 heteroatoms. The number of nitrogen functional groups attached to an aromatic ring is 1. The van der Waals surface area contributed by atoms with Gasteiger partial charge in [-0.2, -0.15) is 0 Å². The van der Waals surface area contributed by atoms with E-state index >= 15 is 4.39 Å². The molecule has 3 aromatic heterocycles. The van der Waals surface area contributed by atoms with Gasteiger partial charge in [-0.05, 0) is 43.0 Å². The van der Waals surface area contributed by atoms with Crippen LogP contribution in [-0.2, 0) is 12.8 Å². The van der Waals surface area contributed by atoms with Gasteiger partial charge in [0.1, 0.15) is 22.6 Å². The van der Waals surface area contributed by atoms with Crippen LogP contribution in [0, 0.1) is 5.82 Å². The second kappa shape index (κ2) is 8.46. The number of nitrogens with one attached hydrogen (secondary N) is 2. The lowest BCUT2D eigenvalue weighted by atomic mass is 9.90. The van der Waals surface area contributed by atoms with Gasteiger partial charge in [0.2, 0.25) is 0 Å². The van der Waals surface area contributed by atoms with Crippen molar-refractivity contribution in [3.63, 3.8) is 0 Å². The summed E-state index contributed by atoms with van der Waals surface area (Å²) < 4.78 is 16.8. The highest BCUT2D eigenvalue weighted by atomic mass is 35.5. The van der Waals surface area contributed by atoms with Crippen LogP contribution >= 0.6 is 23.2 Å². The van der Waals surface area contributed by atoms with E-state index in [0.29, 0.717) is 60.0 Å². The molecule has 5 heterocycles. The first-order valence-electron chi connectivity index (χ1n) is 11.3. The van der Waals surface area contributed by atoms with E-state index in [0.717, 1.165) is 0 Å². The molecule has 0 unspecified atom stereocenters. The Kier molecular flexibility index (Phi) is 5.35. The number of carbonyl (C=O) groups excluding carboxylic acids is 1. The first-order chi connectivity index (χ1) is 17.3. The fourth-order valence-corrected chi connectivity index (χ4v) is 5.57. The first-order valence-corrected chi connectivity index (χ1v) is 12.1. The topological polar surface area (TPSA) is 119 Å². The number of benzene rings is 1. The number of anilines is 1. The number of hydrogen-bond donors (Lipinski definition) is 3. The van der Waals surface area contributed by atoms with Gasteiger partial charge in [0.25, 0.3) is 11.5 Å². The summed E-state index contributed by atoms with van der Waals surface area (Å²) in [6.07, 6.45) is 3.01. The zero-order chi connectivity index (χ0) is 25.1. The van der Waals surface area contributed by atoms with E-state index in [4.69, 9.17) is 28.9 Å². The average molecular weight is 525 g/mol. The number of nitrogens with two attached hydrogens (primary N) is 1. The molecule has 6 rings (SSSR count). The monoisotopic (exact) mass is 524 g/mol. The van der Waals surface area contributed by atoms with E-state index in [1.807, 2.05) is 0 Å². The number of carbonyl (C=O) groups is 1. The van der Waals surface area contributed by atoms with Gasteiger partial charge in [-0.3, -0.25) is 9.59 Å². The van der Waals surface area contributed by atoms with Crippen molar-refractivity contribution in [1.82, 2.24) is 24.8 Å². The van der Waals surface area contributed by atoms with Gasteiger partial charge in [-0.15, -0.1) is 0 Å². The van der Waals surface area contributed by atoms with Gasteiger partial charge in [0.15, 0.2) is 0 Å². The molecule has 0 bridgehead atoms. The summed E-state index contributed by atoms with van der Waals surface area (Å²) in [6.45, 7) is 0.340. The Bertz CT molecular complexity index is 1630. The Morgan fingerprint density at radius 1 is 1.08 bits per heavy atom. The van der Waals surface area contributed by atoms with Gasteiger partial charge < -0.3 is 20.6 Å². The Morgan fingerprint density at radius 2 is 1.92 bits per heavy atom. The van der Waals surface area contributed by atoms with Crippen molar-refractivity contribution >= 4 is 34.9 Å². The minimum atomic E-state index is -0.631. The second-order valence-corrected chi connectivity index (χ2v) is 9.57. The molecule has 2 aliphatic heterocycles. The molecule has 0 fully saturated rings. The Hall–Kier alpha value is -3.69. The third-order valence-electron chi connectivity index (χ3n) is 6.75. The smallest absolute Gasteiger partial charge is 0.253 e. The van der Waals surface area contributed by atoms with E-state index in [1.54, 1.807) is 29.0 Å². The van der Waals surface area contributed by atoms with Crippen LogP contribution in [0.4, 0.5) is 10.2 Å². The molecule has 0 radical (unpaired) electrons. The highest BCUT2D eigenvalue weighted by Crippen LogP contribution is 2.39. The van der Waals surface area contributed by atoms with E-state index in [-0.39, 0.29) is 38.3 Å². The van der Waals surface area contributed by atoms with Crippen LogP contribution in [0.2, 0.25) is 10.2 Å². The number of H-pyrrole nitrogens is 1. The van der Waals surface area contributed by atoms with Crippen molar-refractivity contribution in [2.45, 2.75) is 25.3 Å². The molecule has 0 spiro atoms. The van der Waals surface area contributed by atoms with Gasteiger partial charge in [0.05, 0.1) is 28.5 Å². The van der Waals surface area contributed by atoms with Gasteiger partial charge in [-0.1, -0.05) is 29.3 Å². The number of amides is 1. The third-order valence-corrected chi connectivity index (χ3v) is 7.33. The summed E-state index contributed by atoms with van der Waals surface area (Å²) in [5.41, 5.74) is 8.57. The van der Waals surface area contributed by atoms with Crippen molar-refractivity contribution in [2.75, 3.05) is 12.3 Å². The molecule has 4 aromatic rings. The third kappa shape index (κ3) is 3.50. The van der Waals surface area contributed by atoms with Crippen molar-refractivity contribution in [3.05, 3.63) is 85.5 Å². The van der Waals surface area contributed by atoms with Crippen LogP contribution in [0.15, 0.2) is 41.3 Å². The largest absolute Gasteiger partial charge is 0.384 e. The number of aromatic nitrogens is 4. The predicted molar refractivity (Wildman–Crippen MR) is 135 cm³/mol. The van der Waals surface area contributed by atoms with E-state index in [1.165, 1.54) is 12.1 Å². The van der Waals surface area contributed by atoms with Crippen LogP contribution in [0.25, 0.3) is 22.4 Å². The van der Waals surface area contributed by atoms with E-state index < -0.39 is 11.9 Å². The van der Waals surface area contributed by atoms with E-state index in [9.17, 15) is 9.59 Å². The summed E-state index contributed by atoms with van der Waals surface area (Å²) in [5.74, 6) is -0.138. The maximum Gasteiger partial charge on any atom is 0.253 e. The van der Waals surface area contributed by atoms with Crippen LogP contribution in [-0.4, -0.2) is 32.0 Å². The van der Waals surface area contributed by atoms with E-state index in [2.05, 4.69) is 20.3 Å². The minimum Gasteiger partial charge on any atom is -0.384 e. The Labute approximate surface area is 214 Å². The van der Waals surface area contributed by atoms with Crippen molar-refractivity contribution in [3.8, 4) is 22.4 Å². The number of imidazole rings is 1. The molecule has 0 aliphatic carbocycles. The maximum absolute atomic E-state index is 15.2. The van der Waals surface area contributed by atoms with Crippen LogP contribution < -0.4 is 16.6 Å². The quantitative estimate of drug-likeness (QED) is 0.340. The van der Waals surface area contributed by atoms with Gasteiger partial charge in [-0.25, -0.2) is 14.4 Å². The molecule has 0 saturated heterocycles. The standard InChI is InChI=1S/C25H19Cl2FN6O2/c26-14-3-1-11-7-8-30-25(36)21-13(20(11)22(14)28)9-19(35)34-16(21)4-5-17(34)24-31-10-15(32-24)12-2-6-18(29)33-23(12)27/h1-3,6,9-10,17H,4-5,7-8H2,(H2,29,33)(H,30,36)(H,31,32)/t17-/m0/s1. The fourth-order valence-electron chi connectivity index (χ4n) is 5.15. The molecule has 1 atom stereocenters. The maximum atomic E-state index is 15.2. The number of hydrogen-bond acceptors (Lipinski definition) is 5. The van der Waals surface area contributed by atoms with Crippen molar-refractivity contribution < 1.29 is 9.18 Å². The molecule has 1 aromatic carbocycles. The SMILES string of the molecule is Nc1ccc(-c2cnc([C@@H]3CCc4c5c(cc(=O)n43)-c3c(ccc(Cl)c3F)CCNC5=O)[nH]2)c(Cl)n1. The fraction of sp³-hybridized carbons (Fsp3) is 0.200. The normalized spacial score (nSPS) is 16.5. The summed E-state index contributed by atoms with van der Waals surface area (Å²) >= 11 is 12.3. The molecular weight excluding hydrogens is 506 g/mol. The lowest BCUT2D eigenvalue weighted by molar-refractivity contribution is 0.0952. The lowest BCUT2D eigenvalue weighted by Crippen LogP contribution is -2.33. The highest BCUT2D eigenvalue weighted by molar-refractivity contribution is 6.32. The number of aromatic amines is 1. The predicted octanol–water partition coefficient (Wildman–Crippen LogP) is 4.15. The molecule has 182 valence electrons. The number of halogens is 3. The molecule has 36 heavy (non-hydrogen) atoms. The van der Waals surface area contributed by atoms with Crippen LogP contribution in [0.3, 0.4) is 0 Å². The summed E-state index contributed by atoms with van der Waals surface area (Å²) in [7, 11) is 0. The zero-order valence-electron chi connectivity index (χ0n) is 18.7. The minimum absolute atomic E-state index is 0.0573. The Morgan fingerprint density at radius 3 is 2.72 bits per heavy atom. The molecule has 0 saturated carbocycles. The molecule has 1 amide bonds. The van der Waals surface area contributed by atoms with Crippen molar-refractivity contribution in [2.24, 2.45) is 0 Å². The lowest BCUT2D eigenvalue weighted by Gasteiger charge is -2.22. The van der Waals surface area contributed by atoms with Gasteiger partial charge in [0, 0.05) is 35.0 Å². The molecule has 2 aliphatic rings. The molecular formula is C25H19Cl2FN6O2. The summed E-state index contributed by atoms with van der Waals surface area (Å²) in [4.78, 5) is 38.4. The zero-order valence-corrected chi connectivity index (χ0v) is 20.3. The van der Waals surface area contributed by atoms with Gasteiger partial charge >= 0.3 is 0 Å². The molecule has 4 N–H and O–H groups in total. The van der Waals surface area contributed by atoms with Crippen molar-refractivity contribution in [1.29, 1.82) is 0 Å². The second-order valence-electron chi connectivity index (χ2n) is 8.80. The first kappa shape index (κ1) is 22.8. The number of fused-ring (bicyclic) bond motifs is 5. The summed E-state index contributed by atoms with van der Waals surface area (Å²) in [6, 6.07) is 7.49. The number of pyridine rings is 2. The highest BCUT2D eigenvalue weighted by Gasteiger charge is 2.34. The van der Waals surface area contributed by atoms with Crippen LogP contribution in [0.5, 0.6) is 0 Å². The number of nitrogens with zero attached hydrogens (tertiary/aromatic N) is 3. The average Bonchev–Trinajstić information content (AvgIpc) is 3.48. The van der Waals surface area contributed by atoms with Crippen LogP contribution in [0.1, 0.15) is 39.9 Å². The summed E-state index contributed by atoms with van der Waals surface area (Å²) in [5, 5.41) is 3.06.